The summed E-state index contributed by atoms with van der Waals surface area (Å²) in [5.41, 5.74) is 0.705. The molecule has 1 aliphatic heterocycles. The molecule has 0 spiro atoms. The number of amides is 2. The molecule has 2 N–H and O–H groups in total. The maximum Gasteiger partial charge on any atom is 0.249 e. The lowest BCUT2D eigenvalue weighted by Gasteiger charge is -2.33. The molecule has 2 amide bonds. The molecular formula is C16H23Cl2N3O2. The Morgan fingerprint density at radius 3 is 2.78 bits per heavy atom. The second-order valence-electron chi connectivity index (χ2n) is 5.60. The van der Waals surface area contributed by atoms with Gasteiger partial charge in [0.2, 0.25) is 11.8 Å². The van der Waals surface area contributed by atoms with E-state index in [1.165, 1.54) is 0 Å². The predicted octanol–water partition coefficient (Wildman–Crippen LogP) is 2.23. The number of hydrogen-bond acceptors (Lipinski definition) is 3. The van der Waals surface area contributed by atoms with Crippen LogP contribution in [0.25, 0.3) is 0 Å². The van der Waals surface area contributed by atoms with Crippen LogP contribution in [0.15, 0.2) is 24.3 Å². The third-order valence-electron chi connectivity index (χ3n) is 3.86. The van der Waals surface area contributed by atoms with Gasteiger partial charge in [-0.05, 0) is 32.0 Å². The monoisotopic (exact) mass is 359 g/mol. The molecule has 2 atom stereocenters. The van der Waals surface area contributed by atoms with E-state index in [1.54, 1.807) is 18.0 Å². The van der Waals surface area contributed by atoms with Crippen LogP contribution in [0, 0.1) is 5.92 Å². The summed E-state index contributed by atoms with van der Waals surface area (Å²) in [6.07, 6.45) is 1.50. The Balaban J connectivity index is 0.00000264. The lowest BCUT2D eigenvalue weighted by molar-refractivity contribution is -0.130. The van der Waals surface area contributed by atoms with Crippen LogP contribution in [0.4, 0.5) is 5.69 Å². The minimum Gasteiger partial charge on any atom is -0.344 e. The van der Waals surface area contributed by atoms with Gasteiger partial charge in [-0.25, -0.2) is 0 Å². The van der Waals surface area contributed by atoms with Gasteiger partial charge in [0.1, 0.15) is 6.04 Å². The fourth-order valence-corrected chi connectivity index (χ4v) is 2.87. The molecule has 23 heavy (non-hydrogen) atoms. The minimum absolute atomic E-state index is 0. The number of nitrogens with zero attached hydrogens (tertiary/aromatic N) is 1. The van der Waals surface area contributed by atoms with Crippen LogP contribution < -0.4 is 15.5 Å². The number of rotatable bonds is 5. The number of para-hydroxylation sites is 1. The highest BCUT2D eigenvalue weighted by atomic mass is 35.5. The molecule has 1 aromatic rings. The van der Waals surface area contributed by atoms with Crippen LogP contribution in [0.5, 0.6) is 0 Å². The van der Waals surface area contributed by atoms with Gasteiger partial charge < -0.3 is 15.5 Å². The third-order valence-corrected chi connectivity index (χ3v) is 4.18. The van der Waals surface area contributed by atoms with Crippen LogP contribution in [0.3, 0.4) is 0 Å². The SMILES string of the molecule is CNCC(C)C(=O)NC1CCCN(c2ccccc2Cl)C1=O.Cl. The first-order chi connectivity index (χ1) is 10.5. The number of benzene rings is 1. The number of piperidine rings is 1. The van der Waals surface area contributed by atoms with Crippen molar-refractivity contribution in [3.63, 3.8) is 0 Å². The van der Waals surface area contributed by atoms with Crippen molar-refractivity contribution in [3.05, 3.63) is 29.3 Å². The third kappa shape index (κ3) is 4.83. The van der Waals surface area contributed by atoms with Crippen LogP contribution in [-0.4, -0.2) is 38.0 Å². The summed E-state index contributed by atoms with van der Waals surface area (Å²) in [5.74, 6) is -0.369. The molecule has 1 heterocycles. The zero-order valence-corrected chi connectivity index (χ0v) is 14.9. The van der Waals surface area contributed by atoms with Crippen LogP contribution in [-0.2, 0) is 9.59 Å². The molecule has 1 aliphatic rings. The number of hydrogen-bond donors (Lipinski definition) is 2. The number of carbonyl (C=O) groups excluding carboxylic acids is 2. The topological polar surface area (TPSA) is 61.4 Å². The maximum atomic E-state index is 12.6. The van der Waals surface area contributed by atoms with E-state index in [0.717, 1.165) is 6.42 Å². The molecule has 0 saturated carbocycles. The van der Waals surface area contributed by atoms with E-state index in [0.29, 0.717) is 30.2 Å². The van der Waals surface area contributed by atoms with E-state index in [9.17, 15) is 9.59 Å². The Labute approximate surface area is 148 Å². The molecule has 0 aromatic heterocycles. The lowest BCUT2D eigenvalue weighted by Crippen LogP contribution is -2.53. The first kappa shape index (κ1) is 19.7. The predicted molar refractivity (Wildman–Crippen MR) is 95.3 cm³/mol. The van der Waals surface area contributed by atoms with Crippen molar-refractivity contribution >= 4 is 41.5 Å². The van der Waals surface area contributed by atoms with Gasteiger partial charge in [-0.1, -0.05) is 30.7 Å². The van der Waals surface area contributed by atoms with Gasteiger partial charge in [-0.3, -0.25) is 9.59 Å². The van der Waals surface area contributed by atoms with Gasteiger partial charge in [0, 0.05) is 19.0 Å². The highest BCUT2D eigenvalue weighted by Gasteiger charge is 2.32. The van der Waals surface area contributed by atoms with E-state index >= 15 is 0 Å². The molecule has 0 radical (unpaired) electrons. The maximum absolute atomic E-state index is 12.6. The fraction of sp³-hybridized carbons (Fsp3) is 0.500. The Bertz CT molecular complexity index is 554. The number of carbonyl (C=O) groups is 2. The summed E-state index contributed by atoms with van der Waals surface area (Å²) in [7, 11) is 1.80. The van der Waals surface area contributed by atoms with Crippen LogP contribution in [0.1, 0.15) is 19.8 Å². The second kappa shape index (κ2) is 9.11. The smallest absolute Gasteiger partial charge is 0.249 e. The number of nitrogens with one attached hydrogen (secondary N) is 2. The summed E-state index contributed by atoms with van der Waals surface area (Å²) in [6.45, 7) is 3.05. The van der Waals surface area contributed by atoms with Crippen LogP contribution in [0.2, 0.25) is 5.02 Å². The fourth-order valence-electron chi connectivity index (χ4n) is 2.63. The Kier molecular flexibility index (Phi) is 7.82. The van der Waals surface area contributed by atoms with Crippen molar-refractivity contribution < 1.29 is 9.59 Å². The van der Waals surface area contributed by atoms with Crippen molar-refractivity contribution in [1.29, 1.82) is 0 Å². The average molecular weight is 360 g/mol. The molecule has 1 saturated heterocycles. The summed E-state index contributed by atoms with van der Waals surface area (Å²) >= 11 is 6.18. The minimum atomic E-state index is -0.475. The Hall–Kier alpha value is -1.30. The molecule has 128 valence electrons. The molecule has 7 heteroatoms. The van der Waals surface area contributed by atoms with Crippen molar-refractivity contribution in [3.8, 4) is 0 Å². The quantitative estimate of drug-likeness (QED) is 0.847. The molecule has 5 nitrogen and oxygen atoms in total. The summed E-state index contributed by atoms with van der Waals surface area (Å²) in [4.78, 5) is 26.4. The highest BCUT2D eigenvalue weighted by molar-refractivity contribution is 6.33. The largest absolute Gasteiger partial charge is 0.344 e. The summed E-state index contributed by atoms with van der Waals surface area (Å²) < 4.78 is 0. The molecule has 0 aliphatic carbocycles. The Morgan fingerprint density at radius 1 is 1.43 bits per heavy atom. The van der Waals surface area contributed by atoms with Gasteiger partial charge in [-0.15, -0.1) is 12.4 Å². The normalized spacial score (nSPS) is 19.0. The van der Waals surface area contributed by atoms with E-state index in [-0.39, 0.29) is 30.1 Å². The Morgan fingerprint density at radius 2 is 2.13 bits per heavy atom. The van der Waals surface area contributed by atoms with E-state index in [4.69, 9.17) is 11.6 Å². The van der Waals surface area contributed by atoms with Gasteiger partial charge in [0.05, 0.1) is 10.7 Å². The van der Waals surface area contributed by atoms with Gasteiger partial charge in [0.25, 0.3) is 0 Å². The van der Waals surface area contributed by atoms with Crippen LogP contribution >= 0.6 is 24.0 Å². The van der Waals surface area contributed by atoms with Crippen molar-refractivity contribution in [1.82, 2.24) is 10.6 Å². The molecule has 0 bridgehead atoms. The number of anilines is 1. The summed E-state index contributed by atoms with van der Waals surface area (Å²) in [6, 6.07) is 6.80. The second-order valence-corrected chi connectivity index (χ2v) is 6.01. The van der Waals surface area contributed by atoms with Gasteiger partial charge in [0.15, 0.2) is 0 Å². The van der Waals surface area contributed by atoms with Gasteiger partial charge >= 0.3 is 0 Å². The summed E-state index contributed by atoms with van der Waals surface area (Å²) in [5, 5.41) is 6.37. The van der Waals surface area contributed by atoms with E-state index in [2.05, 4.69) is 10.6 Å². The molecule has 2 rings (SSSR count). The zero-order valence-electron chi connectivity index (χ0n) is 13.3. The van der Waals surface area contributed by atoms with E-state index < -0.39 is 6.04 Å². The first-order valence-electron chi connectivity index (χ1n) is 7.55. The molecule has 2 unspecified atom stereocenters. The highest BCUT2D eigenvalue weighted by Crippen LogP contribution is 2.28. The zero-order chi connectivity index (χ0) is 16.1. The average Bonchev–Trinajstić information content (AvgIpc) is 2.50. The lowest BCUT2D eigenvalue weighted by atomic mass is 10.0. The molecule has 1 fully saturated rings. The van der Waals surface area contributed by atoms with E-state index in [1.807, 2.05) is 25.1 Å². The van der Waals surface area contributed by atoms with Crippen molar-refractivity contribution in [2.75, 3.05) is 25.0 Å². The van der Waals surface area contributed by atoms with Crippen molar-refractivity contribution in [2.45, 2.75) is 25.8 Å². The molecule has 1 aromatic carbocycles. The molecular weight excluding hydrogens is 337 g/mol. The van der Waals surface area contributed by atoms with Gasteiger partial charge in [-0.2, -0.15) is 0 Å². The standard InChI is InChI=1S/C16H22ClN3O2.ClH/c1-11(10-18-2)15(21)19-13-7-5-9-20(16(13)22)14-8-4-3-6-12(14)17;/h3-4,6,8,11,13,18H,5,7,9-10H2,1-2H3,(H,19,21);1H. The number of halogens is 2. The first-order valence-corrected chi connectivity index (χ1v) is 7.93. The van der Waals surface area contributed by atoms with Crippen molar-refractivity contribution in [2.24, 2.45) is 5.92 Å².